The van der Waals surface area contributed by atoms with Gasteiger partial charge >= 0.3 is 0 Å². The molecule has 8 nitrogen and oxygen atoms in total. The number of aliphatic hydroxyl groups is 1. The van der Waals surface area contributed by atoms with Crippen LogP contribution in [0.1, 0.15) is 18.1 Å². The summed E-state index contributed by atoms with van der Waals surface area (Å²) in [5, 5.41) is 27.2. The van der Waals surface area contributed by atoms with Crippen molar-refractivity contribution in [1.82, 2.24) is 19.7 Å². The summed E-state index contributed by atoms with van der Waals surface area (Å²) in [5.41, 5.74) is 1.44. The quantitative estimate of drug-likeness (QED) is 0.677. The van der Waals surface area contributed by atoms with Gasteiger partial charge in [0.1, 0.15) is 17.9 Å². The molecule has 0 bridgehead atoms. The number of nitriles is 1. The van der Waals surface area contributed by atoms with Crippen molar-refractivity contribution in [2.24, 2.45) is 0 Å². The first kappa shape index (κ1) is 16.7. The molecule has 128 valence electrons. The molecule has 3 aromatic rings. The van der Waals surface area contributed by atoms with E-state index >= 15 is 0 Å². The zero-order valence-electron chi connectivity index (χ0n) is 13.8. The Bertz CT molecular complexity index is 884. The van der Waals surface area contributed by atoms with Crippen molar-refractivity contribution in [3.63, 3.8) is 0 Å². The number of hydrogen-bond acceptors (Lipinski definition) is 7. The minimum Gasteiger partial charge on any atom is -0.497 e. The zero-order chi connectivity index (χ0) is 17.6. The molecule has 2 heterocycles. The maximum Gasteiger partial charge on any atom is 0.163 e. The van der Waals surface area contributed by atoms with E-state index in [-0.39, 0.29) is 0 Å². The molecule has 2 N–H and O–H groups in total. The molecule has 0 saturated carbocycles. The Morgan fingerprint density at radius 2 is 2.12 bits per heavy atom. The average Bonchev–Trinajstić information content (AvgIpc) is 3.08. The summed E-state index contributed by atoms with van der Waals surface area (Å²) in [6.07, 6.45) is 2.77. The number of fused-ring (bicyclic) bond motifs is 1. The van der Waals surface area contributed by atoms with Gasteiger partial charge in [0.05, 0.1) is 43.8 Å². The van der Waals surface area contributed by atoms with Crippen LogP contribution < -0.4 is 10.1 Å². The average molecular weight is 338 g/mol. The van der Waals surface area contributed by atoms with Gasteiger partial charge in [-0.3, -0.25) is 0 Å². The molecule has 8 heteroatoms. The second-order valence-electron chi connectivity index (χ2n) is 5.41. The molecule has 0 radical (unpaired) electrons. The van der Waals surface area contributed by atoms with Crippen molar-refractivity contribution < 1.29 is 9.84 Å². The summed E-state index contributed by atoms with van der Waals surface area (Å²) in [7, 11) is 1.60. The molecular weight excluding hydrogens is 320 g/mol. The summed E-state index contributed by atoms with van der Waals surface area (Å²) < 4.78 is 6.79. The van der Waals surface area contributed by atoms with Crippen molar-refractivity contribution in [2.45, 2.75) is 19.1 Å². The van der Waals surface area contributed by atoms with Crippen molar-refractivity contribution in [3.8, 4) is 11.8 Å². The molecule has 0 spiro atoms. The lowest BCUT2D eigenvalue weighted by molar-refractivity contribution is 0.191. The third kappa shape index (κ3) is 3.67. The van der Waals surface area contributed by atoms with Crippen LogP contribution in [0.4, 0.5) is 5.82 Å². The summed E-state index contributed by atoms with van der Waals surface area (Å²) in [6.45, 7) is 0.771. The monoisotopic (exact) mass is 338 g/mol. The van der Waals surface area contributed by atoms with E-state index in [0.29, 0.717) is 31.0 Å². The van der Waals surface area contributed by atoms with Gasteiger partial charge in [-0.25, -0.2) is 14.6 Å². The van der Waals surface area contributed by atoms with E-state index in [2.05, 4.69) is 26.5 Å². The Morgan fingerprint density at radius 3 is 2.84 bits per heavy atom. The number of rotatable bonds is 7. The number of aryl methyl sites for hydroxylation is 1. The third-order valence-electron chi connectivity index (χ3n) is 3.83. The van der Waals surface area contributed by atoms with E-state index < -0.39 is 6.10 Å². The summed E-state index contributed by atoms with van der Waals surface area (Å²) in [6, 6.07) is 9.34. The highest BCUT2D eigenvalue weighted by Gasteiger charge is 2.12. The normalized spacial score (nSPS) is 11.9. The number of ether oxygens (including phenoxy) is 1. The van der Waals surface area contributed by atoms with Crippen LogP contribution in [0, 0.1) is 11.3 Å². The topological polar surface area (TPSA) is 109 Å². The van der Waals surface area contributed by atoms with Crippen LogP contribution >= 0.6 is 0 Å². The minimum atomic E-state index is -0.690. The molecule has 1 aromatic carbocycles. The van der Waals surface area contributed by atoms with Crippen LogP contribution in [0.2, 0.25) is 0 Å². The highest BCUT2D eigenvalue weighted by atomic mass is 16.5. The maximum absolute atomic E-state index is 10.3. The Labute approximate surface area is 144 Å². The van der Waals surface area contributed by atoms with Gasteiger partial charge in [0.25, 0.3) is 0 Å². The van der Waals surface area contributed by atoms with Gasteiger partial charge in [-0.2, -0.15) is 10.4 Å². The van der Waals surface area contributed by atoms with Crippen LogP contribution in [-0.4, -0.2) is 38.5 Å². The van der Waals surface area contributed by atoms with Crippen molar-refractivity contribution in [3.05, 3.63) is 42.4 Å². The fourth-order valence-electron chi connectivity index (χ4n) is 2.49. The highest BCUT2D eigenvalue weighted by molar-refractivity contribution is 5.86. The molecule has 0 unspecified atom stereocenters. The lowest BCUT2D eigenvalue weighted by Crippen LogP contribution is -2.13. The largest absolute Gasteiger partial charge is 0.497 e. The van der Waals surface area contributed by atoms with Crippen LogP contribution in [0.25, 0.3) is 11.0 Å². The Kier molecular flexibility index (Phi) is 5.06. The summed E-state index contributed by atoms with van der Waals surface area (Å²) in [5.74, 6) is 1.34. The SMILES string of the molecule is COc1ccc([C@@H](O)CNc2ncnc3c2cnn3CCC#N)cc1. The van der Waals surface area contributed by atoms with E-state index in [1.165, 1.54) is 6.33 Å². The van der Waals surface area contributed by atoms with E-state index in [1.54, 1.807) is 30.1 Å². The fourth-order valence-corrected chi connectivity index (χ4v) is 2.49. The van der Waals surface area contributed by atoms with Gasteiger partial charge in [-0.05, 0) is 17.7 Å². The van der Waals surface area contributed by atoms with Gasteiger partial charge in [0.2, 0.25) is 0 Å². The third-order valence-corrected chi connectivity index (χ3v) is 3.83. The molecule has 0 saturated heterocycles. The molecule has 0 fully saturated rings. The number of nitrogens with one attached hydrogen (secondary N) is 1. The van der Waals surface area contributed by atoms with Crippen LogP contribution in [-0.2, 0) is 6.54 Å². The van der Waals surface area contributed by atoms with Crippen molar-refractivity contribution in [1.29, 1.82) is 5.26 Å². The molecule has 3 rings (SSSR count). The molecule has 2 aromatic heterocycles. The van der Waals surface area contributed by atoms with Gasteiger partial charge < -0.3 is 15.2 Å². The van der Waals surface area contributed by atoms with E-state index in [9.17, 15) is 5.11 Å². The standard InChI is InChI=1S/C17H18N6O2/c1-25-13-5-3-12(4-6-13)15(24)10-19-16-14-9-22-23(8-2-7-18)17(14)21-11-20-16/h3-6,9,11,15,24H,2,8,10H2,1H3,(H,19,20,21)/t15-/m0/s1. The van der Waals surface area contributed by atoms with Gasteiger partial charge in [0.15, 0.2) is 5.65 Å². The first-order chi connectivity index (χ1) is 12.2. The van der Waals surface area contributed by atoms with Crippen molar-refractivity contribution in [2.75, 3.05) is 19.0 Å². The van der Waals surface area contributed by atoms with Crippen molar-refractivity contribution >= 4 is 16.9 Å². The van der Waals surface area contributed by atoms with Crippen LogP contribution in [0.3, 0.4) is 0 Å². The Hall–Kier alpha value is -3.18. The van der Waals surface area contributed by atoms with Gasteiger partial charge in [-0.1, -0.05) is 12.1 Å². The first-order valence-electron chi connectivity index (χ1n) is 7.82. The number of aliphatic hydroxyl groups excluding tert-OH is 1. The van der Waals surface area contributed by atoms with Crippen LogP contribution in [0.5, 0.6) is 5.75 Å². The number of methoxy groups -OCH3 is 1. The second-order valence-corrected chi connectivity index (χ2v) is 5.41. The van der Waals surface area contributed by atoms with Gasteiger partial charge in [0, 0.05) is 6.54 Å². The maximum atomic E-state index is 10.3. The fraction of sp³-hybridized carbons (Fsp3) is 0.294. The first-order valence-corrected chi connectivity index (χ1v) is 7.82. The van der Waals surface area contributed by atoms with E-state index in [0.717, 1.165) is 16.7 Å². The lowest BCUT2D eigenvalue weighted by Gasteiger charge is -2.13. The summed E-state index contributed by atoms with van der Waals surface area (Å²) in [4.78, 5) is 8.44. The van der Waals surface area contributed by atoms with Crippen LogP contribution in [0.15, 0.2) is 36.8 Å². The predicted molar refractivity (Wildman–Crippen MR) is 92.0 cm³/mol. The highest BCUT2D eigenvalue weighted by Crippen LogP contribution is 2.21. The zero-order valence-corrected chi connectivity index (χ0v) is 13.8. The Balaban J connectivity index is 1.72. The molecule has 0 aliphatic heterocycles. The lowest BCUT2D eigenvalue weighted by atomic mass is 10.1. The molecule has 0 aliphatic rings. The number of hydrogen-bond donors (Lipinski definition) is 2. The molecule has 0 aliphatic carbocycles. The predicted octanol–water partition coefficient (Wildman–Crippen LogP) is 1.89. The Morgan fingerprint density at radius 1 is 1.32 bits per heavy atom. The van der Waals surface area contributed by atoms with E-state index in [1.807, 2.05) is 12.1 Å². The molecule has 1 atom stereocenters. The minimum absolute atomic E-state index is 0.293. The number of nitrogens with zero attached hydrogens (tertiary/aromatic N) is 5. The summed E-state index contributed by atoms with van der Waals surface area (Å²) >= 11 is 0. The molecule has 25 heavy (non-hydrogen) atoms. The number of benzene rings is 1. The van der Waals surface area contributed by atoms with Gasteiger partial charge in [-0.15, -0.1) is 0 Å². The molecule has 0 amide bonds. The number of anilines is 1. The number of aromatic nitrogens is 4. The van der Waals surface area contributed by atoms with E-state index in [4.69, 9.17) is 10.00 Å². The smallest absolute Gasteiger partial charge is 0.163 e. The molecular formula is C17H18N6O2. The second kappa shape index (κ2) is 7.59.